The van der Waals surface area contributed by atoms with Gasteiger partial charge in [0.2, 0.25) is 0 Å². The molecule has 1 rings (SSSR count). The van der Waals surface area contributed by atoms with Gasteiger partial charge in [0.05, 0.1) is 12.7 Å². The summed E-state index contributed by atoms with van der Waals surface area (Å²) in [6.07, 6.45) is 1.98. The summed E-state index contributed by atoms with van der Waals surface area (Å²) in [4.78, 5) is 25.4. The maximum absolute atomic E-state index is 11.5. The van der Waals surface area contributed by atoms with Crippen LogP contribution in [0.25, 0.3) is 0 Å². The van der Waals surface area contributed by atoms with Crippen molar-refractivity contribution in [2.45, 2.75) is 6.10 Å². The molecule has 0 radical (unpaired) electrons. The number of pyridine rings is 1. The molecule has 6 nitrogen and oxygen atoms in total. The zero-order valence-electron chi connectivity index (χ0n) is 8.90. The molecule has 1 aromatic heterocycles. The molecule has 88 valence electrons. The van der Waals surface area contributed by atoms with Crippen molar-refractivity contribution in [1.82, 2.24) is 10.3 Å². The van der Waals surface area contributed by atoms with Crippen molar-refractivity contribution in [3.8, 4) is 0 Å². The Kier molecular flexibility index (Phi) is 4.68. The van der Waals surface area contributed by atoms with Gasteiger partial charge in [-0.05, 0) is 0 Å². The summed E-state index contributed by atoms with van der Waals surface area (Å²) in [7, 11) is 1.45. The average Bonchev–Trinajstić information content (AvgIpc) is 2.27. The summed E-state index contributed by atoms with van der Waals surface area (Å²) < 4.78 is 4.70. The number of amides is 1. The summed E-state index contributed by atoms with van der Waals surface area (Å²) in [5.74, 6) is -0.517. The molecule has 1 aromatic rings. The summed E-state index contributed by atoms with van der Waals surface area (Å²) in [5.41, 5.74) is -0.343. The number of aromatic nitrogens is 1. The summed E-state index contributed by atoms with van der Waals surface area (Å²) in [6.45, 7) is 0.173. The molecule has 16 heavy (non-hydrogen) atoms. The first kappa shape index (κ1) is 12.4. The van der Waals surface area contributed by atoms with Gasteiger partial charge in [-0.1, -0.05) is 0 Å². The van der Waals surface area contributed by atoms with Crippen LogP contribution in [0.4, 0.5) is 0 Å². The molecule has 0 aliphatic heterocycles. The molecule has 0 aliphatic rings. The van der Waals surface area contributed by atoms with Crippen molar-refractivity contribution in [3.05, 3.63) is 34.2 Å². The van der Waals surface area contributed by atoms with Crippen LogP contribution in [-0.4, -0.2) is 42.4 Å². The normalized spacial score (nSPS) is 12.1. The molecular weight excluding hydrogens is 212 g/mol. The van der Waals surface area contributed by atoms with Gasteiger partial charge in [-0.25, -0.2) is 0 Å². The van der Waals surface area contributed by atoms with E-state index in [0.29, 0.717) is 0 Å². The highest BCUT2D eigenvalue weighted by Gasteiger charge is 2.11. The lowest BCUT2D eigenvalue weighted by atomic mass is 10.2. The number of ether oxygens (including phenoxy) is 1. The standard InChI is InChI=1S/C10H14N2O4/c1-16-6-7(13)4-12-10(15)8-5-11-3-2-9(8)14/h2-3,5,7,13H,4,6H2,1H3,(H,11,14)(H,12,15). The topological polar surface area (TPSA) is 91.4 Å². The highest BCUT2D eigenvalue weighted by Crippen LogP contribution is 1.89. The minimum Gasteiger partial charge on any atom is -0.389 e. The molecule has 1 heterocycles. The smallest absolute Gasteiger partial charge is 0.256 e. The van der Waals surface area contributed by atoms with Gasteiger partial charge >= 0.3 is 0 Å². The van der Waals surface area contributed by atoms with Crippen LogP contribution < -0.4 is 10.7 Å². The van der Waals surface area contributed by atoms with Crippen LogP contribution in [0.3, 0.4) is 0 Å². The van der Waals surface area contributed by atoms with Crippen molar-refractivity contribution in [2.24, 2.45) is 0 Å². The number of carbonyl (C=O) groups excluding carboxylic acids is 1. The fraction of sp³-hybridized carbons (Fsp3) is 0.400. The van der Waals surface area contributed by atoms with Crippen LogP contribution in [0, 0.1) is 0 Å². The number of H-pyrrole nitrogens is 1. The number of aliphatic hydroxyl groups is 1. The molecule has 1 amide bonds. The fourth-order valence-electron chi connectivity index (χ4n) is 1.15. The number of nitrogens with one attached hydrogen (secondary N) is 2. The van der Waals surface area contributed by atoms with Gasteiger partial charge in [0.25, 0.3) is 5.91 Å². The molecule has 3 N–H and O–H groups in total. The van der Waals surface area contributed by atoms with Crippen LogP contribution in [0.15, 0.2) is 23.3 Å². The first-order valence-corrected chi connectivity index (χ1v) is 4.77. The van der Waals surface area contributed by atoms with E-state index in [4.69, 9.17) is 4.74 Å². The van der Waals surface area contributed by atoms with E-state index in [9.17, 15) is 14.7 Å². The Hall–Kier alpha value is -1.66. The van der Waals surface area contributed by atoms with Crippen molar-refractivity contribution in [2.75, 3.05) is 20.3 Å². The number of aliphatic hydroxyl groups excluding tert-OH is 1. The maximum atomic E-state index is 11.5. The average molecular weight is 226 g/mol. The lowest BCUT2D eigenvalue weighted by Crippen LogP contribution is -2.36. The second kappa shape index (κ2) is 6.04. The molecule has 0 fully saturated rings. The number of hydrogen-bond acceptors (Lipinski definition) is 4. The lowest BCUT2D eigenvalue weighted by molar-refractivity contribution is 0.0609. The molecule has 0 aromatic carbocycles. The summed E-state index contributed by atoms with van der Waals surface area (Å²) in [6, 6.07) is 1.26. The Bertz CT molecular complexity index is 402. The molecule has 1 unspecified atom stereocenters. The second-order valence-electron chi connectivity index (χ2n) is 3.24. The Morgan fingerprint density at radius 2 is 2.44 bits per heavy atom. The van der Waals surface area contributed by atoms with E-state index in [1.807, 2.05) is 0 Å². The Morgan fingerprint density at radius 1 is 1.69 bits per heavy atom. The third-order valence-electron chi connectivity index (χ3n) is 1.93. The fourth-order valence-corrected chi connectivity index (χ4v) is 1.15. The first-order valence-electron chi connectivity index (χ1n) is 4.77. The summed E-state index contributed by atoms with van der Waals surface area (Å²) in [5, 5.41) is 11.7. The van der Waals surface area contributed by atoms with Crippen LogP contribution in [0.1, 0.15) is 10.4 Å². The third-order valence-corrected chi connectivity index (χ3v) is 1.93. The highest BCUT2D eigenvalue weighted by atomic mass is 16.5. The van der Waals surface area contributed by atoms with Gasteiger partial charge in [-0.2, -0.15) is 0 Å². The van der Waals surface area contributed by atoms with Crippen LogP contribution >= 0.6 is 0 Å². The van der Waals surface area contributed by atoms with Crippen molar-refractivity contribution in [1.29, 1.82) is 0 Å². The molecule has 6 heteroatoms. The molecular formula is C10H14N2O4. The van der Waals surface area contributed by atoms with E-state index in [1.54, 1.807) is 0 Å². The largest absolute Gasteiger partial charge is 0.389 e. The SMILES string of the molecule is COCC(O)CNC(=O)c1c[nH]ccc1=O. The van der Waals surface area contributed by atoms with Crippen LogP contribution in [0.2, 0.25) is 0 Å². The predicted octanol–water partition coefficient (Wildman–Crippen LogP) is -0.888. The van der Waals surface area contributed by atoms with E-state index in [1.165, 1.54) is 25.6 Å². The van der Waals surface area contributed by atoms with Crippen molar-refractivity contribution < 1.29 is 14.6 Å². The quantitative estimate of drug-likeness (QED) is 0.607. The summed E-state index contributed by atoms with van der Waals surface area (Å²) >= 11 is 0. The van der Waals surface area contributed by atoms with Crippen molar-refractivity contribution in [3.63, 3.8) is 0 Å². The van der Waals surface area contributed by atoms with Gasteiger partial charge in [0, 0.05) is 32.1 Å². The first-order chi connectivity index (χ1) is 7.65. The number of methoxy groups -OCH3 is 1. The van der Waals surface area contributed by atoms with Gasteiger partial charge in [-0.3, -0.25) is 9.59 Å². The lowest BCUT2D eigenvalue weighted by Gasteiger charge is -2.10. The van der Waals surface area contributed by atoms with Crippen LogP contribution in [-0.2, 0) is 4.74 Å². The minimum absolute atomic E-state index is 0.0205. The molecule has 1 atom stereocenters. The number of hydrogen-bond donors (Lipinski definition) is 3. The van der Waals surface area contributed by atoms with E-state index in [2.05, 4.69) is 10.3 Å². The number of aromatic amines is 1. The predicted molar refractivity (Wildman–Crippen MR) is 57.3 cm³/mol. The molecule has 0 saturated carbocycles. The number of rotatable bonds is 5. The Labute approximate surface area is 92.3 Å². The highest BCUT2D eigenvalue weighted by molar-refractivity contribution is 5.93. The second-order valence-corrected chi connectivity index (χ2v) is 3.24. The third kappa shape index (κ3) is 3.48. The van der Waals surface area contributed by atoms with E-state index in [-0.39, 0.29) is 24.1 Å². The van der Waals surface area contributed by atoms with Gasteiger partial charge < -0.3 is 20.1 Å². The molecule has 0 aliphatic carbocycles. The molecule has 0 saturated heterocycles. The van der Waals surface area contributed by atoms with Gasteiger partial charge in [0.15, 0.2) is 5.43 Å². The maximum Gasteiger partial charge on any atom is 0.256 e. The molecule has 0 spiro atoms. The van der Waals surface area contributed by atoms with Gasteiger partial charge in [-0.15, -0.1) is 0 Å². The number of carbonyl (C=O) groups is 1. The van der Waals surface area contributed by atoms with Crippen molar-refractivity contribution >= 4 is 5.91 Å². The molecule has 0 bridgehead atoms. The zero-order valence-corrected chi connectivity index (χ0v) is 8.90. The van der Waals surface area contributed by atoms with Crippen LogP contribution in [0.5, 0.6) is 0 Å². The minimum atomic E-state index is -0.781. The Morgan fingerprint density at radius 3 is 3.06 bits per heavy atom. The van der Waals surface area contributed by atoms with Gasteiger partial charge in [0.1, 0.15) is 5.56 Å². The Balaban J connectivity index is 2.54. The monoisotopic (exact) mass is 226 g/mol. The zero-order chi connectivity index (χ0) is 12.0. The van der Waals surface area contributed by atoms with E-state index >= 15 is 0 Å². The van der Waals surface area contributed by atoms with E-state index in [0.717, 1.165) is 0 Å². The van der Waals surface area contributed by atoms with E-state index < -0.39 is 12.0 Å².